The molecule has 2 nitrogen and oxygen atoms in total. The Morgan fingerprint density at radius 1 is 1.19 bits per heavy atom. The molecule has 0 bridgehead atoms. The molecule has 0 spiro atoms. The number of phenolic OH excluding ortho intramolecular Hbond substituents is 1. The van der Waals surface area contributed by atoms with E-state index >= 15 is 0 Å². The first-order valence-electron chi connectivity index (χ1n) is 10.4. The van der Waals surface area contributed by atoms with Crippen LogP contribution in [0.1, 0.15) is 83.4 Å². The predicted octanol–water partition coefficient (Wildman–Crippen LogP) is 6.73. The van der Waals surface area contributed by atoms with E-state index in [4.69, 9.17) is 0 Å². The van der Waals surface area contributed by atoms with E-state index < -0.39 is 0 Å². The third-order valence-electron chi connectivity index (χ3n) is 5.86. The molecular weight excluding hydrogens is 332 g/mol. The molecule has 4 atom stereocenters. The van der Waals surface area contributed by atoms with Gasteiger partial charge in [-0.05, 0) is 79.9 Å². The molecule has 1 aliphatic carbocycles. The Kier molecular flexibility index (Phi) is 6.60. The Bertz CT molecular complexity index is 721. The second kappa shape index (κ2) is 8.20. The predicted molar refractivity (Wildman–Crippen MR) is 114 cm³/mol. The fraction of sp³-hybridized carbons (Fsp3) is 0.640. The molecule has 1 aromatic carbocycles. The van der Waals surface area contributed by atoms with Gasteiger partial charge in [0.05, 0.1) is 0 Å². The first-order valence-corrected chi connectivity index (χ1v) is 10.4. The van der Waals surface area contributed by atoms with Gasteiger partial charge < -0.3 is 5.11 Å². The Morgan fingerprint density at radius 2 is 1.81 bits per heavy atom. The van der Waals surface area contributed by atoms with Gasteiger partial charge >= 0.3 is 0 Å². The molecule has 2 heteroatoms. The van der Waals surface area contributed by atoms with Gasteiger partial charge in [-0.3, -0.25) is 4.79 Å². The summed E-state index contributed by atoms with van der Waals surface area (Å²) >= 11 is 0. The monoisotopic (exact) mass is 370 g/mol. The quantitative estimate of drug-likeness (QED) is 0.624. The maximum absolute atomic E-state index is 13.1. The lowest BCUT2D eigenvalue weighted by Crippen LogP contribution is -2.30. The Labute approximate surface area is 166 Å². The number of carbonyl (C=O) groups excluding carboxylic acids is 1. The van der Waals surface area contributed by atoms with Gasteiger partial charge in [0, 0.05) is 5.92 Å². The highest BCUT2D eigenvalue weighted by Gasteiger charge is 2.36. The molecule has 0 fully saturated rings. The molecule has 150 valence electrons. The van der Waals surface area contributed by atoms with Crippen LogP contribution in [0, 0.1) is 37.0 Å². The maximum atomic E-state index is 13.1. The minimum Gasteiger partial charge on any atom is -0.507 e. The minimum atomic E-state index is -0.0421. The Balaban J connectivity index is 2.46. The van der Waals surface area contributed by atoms with Crippen molar-refractivity contribution in [1.29, 1.82) is 0 Å². The van der Waals surface area contributed by atoms with Crippen LogP contribution in [0.4, 0.5) is 0 Å². The molecule has 1 N–H and O–H groups in total. The van der Waals surface area contributed by atoms with Crippen molar-refractivity contribution in [3.63, 3.8) is 0 Å². The molecule has 0 amide bonds. The normalized spacial score (nSPS) is 23.1. The summed E-state index contributed by atoms with van der Waals surface area (Å²) in [6.45, 7) is 17.3. The zero-order chi connectivity index (χ0) is 20.5. The average molecular weight is 371 g/mol. The van der Waals surface area contributed by atoms with Crippen molar-refractivity contribution in [2.24, 2.45) is 23.2 Å². The highest BCUT2D eigenvalue weighted by molar-refractivity contribution is 5.98. The van der Waals surface area contributed by atoms with Crippen LogP contribution < -0.4 is 0 Å². The van der Waals surface area contributed by atoms with Crippen LogP contribution in [0.3, 0.4) is 0 Å². The number of carbonyl (C=O) groups is 1. The van der Waals surface area contributed by atoms with Crippen molar-refractivity contribution in [1.82, 2.24) is 0 Å². The highest BCUT2D eigenvalue weighted by Crippen LogP contribution is 2.45. The van der Waals surface area contributed by atoms with Crippen LogP contribution in [0.5, 0.6) is 5.75 Å². The summed E-state index contributed by atoms with van der Waals surface area (Å²) in [5, 5.41) is 10.9. The Morgan fingerprint density at radius 3 is 2.41 bits per heavy atom. The summed E-state index contributed by atoms with van der Waals surface area (Å²) in [6, 6.07) is 4.12. The van der Waals surface area contributed by atoms with E-state index in [1.165, 1.54) is 0 Å². The molecular formula is C25H38O2. The summed E-state index contributed by atoms with van der Waals surface area (Å²) in [5.74, 6) is 1.56. The van der Waals surface area contributed by atoms with E-state index in [-0.39, 0.29) is 23.0 Å². The molecule has 1 aromatic rings. The number of Topliss-reactive ketones (excluding diaryl/α,β-unsaturated/α-hetero) is 1. The number of aryl methyl sites for hydroxylation is 2. The van der Waals surface area contributed by atoms with Crippen molar-refractivity contribution >= 4 is 5.78 Å². The fourth-order valence-corrected chi connectivity index (χ4v) is 5.07. The summed E-state index contributed by atoms with van der Waals surface area (Å²) in [6.07, 6.45) is 5.02. The molecule has 0 heterocycles. The first-order chi connectivity index (χ1) is 12.4. The highest BCUT2D eigenvalue weighted by atomic mass is 16.3. The SMILES string of the molecule is CC1=CC(C)CC(C(CC(C)CC(C)(C)C)c2cc(C)cc(C)c2O)C1=O. The topological polar surface area (TPSA) is 37.3 Å². The molecule has 0 saturated carbocycles. The number of benzene rings is 1. The number of aromatic hydroxyl groups is 1. The Hall–Kier alpha value is -1.57. The van der Waals surface area contributed by atoms with Crippen molar-refractivity contribution in [2.45, 2.75) is 80.6 Å². The van der Waals surface area contributed by atoms with E-state index in [1.807, 2.05) is 19.9 Å². The van der Waals surface area contributed by atoms with Gasteiger partial charge in [0.1, 0.15) is 5.75 Å². The molecule has 0 aromatic heterocycles. The summed E-state index contributed by atoms with van der Waals surface area (Å²) in [7, 11) is 0. The molecule has 4 unspecified atom stereocenters. The third-order valence-corrected chi connectivity index (χ3v) is 5.86. The van der Waals surface area contributed by atoms with Crippen molar-refractivity contribution in [2.75, 3.05) is 0 Å². The van der Waals surface area contributed by atoms with Crippen molar-refractivity contribution in [3.05, 3.63) is 40.5 Å². The largest absolute Gasteiger partial charge is 0.507 e. The van der Waals surface area contributed by atoms with Gasteiger partial charge in [-0.15, -0.1) is 0 Å². The summed E-state index contributed by atoms with van der Waals surface area (Å²) in [4.78, 5) is 13.1. The smallest absolute Gasteiger partial charge is 0.161 e. The van der Waals surface area contributed by atoms with Crippen LogP contribution >= 0.6 is 0 Å². The minimum absolute atomic E-state index is 0.0421. The molecule has 27 heavy (non-hydrogen) atoms. The second-order valence-electron chi connectivity index (χ2n) is 10.3. The van der Waals surface area contributed by atoms with E-state index in [2.05, 4.69) is 53.7 Å². The summed E-state index contributed by atoms with van der Waals surface area (Å²) in [5.41, 5.74) is 4.16. The maximum Gasteiger partial charge on any atom is 0.161 e. The first kappa shape index (κ1) is 21.7. The number of hydrogen-bond donors (Lipinski definition) is 1. The number of phenols is 1. The van der Waals surface area contributed by atoms with Gasteiger partial charge in [0.25, 0.3) is 0 Å². The molecule has 0 saturated heterocycles. The van der Waals surface area contributed by atoms with Crippen LogP contribution in [-0.4, -0.2) is 10.9 Å². The van der Waals surface area contributed by atoms with Gasteiger partial charge in [-0.1, -0.05) is 58.4 Å². The second-order valence-corrected chi connectivity index (χ2v) is 10.3. The molecule has 1 aliphatic rings. The third kappa shape index (κ3) is 5.46. The lowest BCUT2D eigenvalue weighted by atomic mass is 9.68. The van der Waals surface area contributed by atoms with Gasteiger partial charge in [-0.2, -0.15) is 0 Å². The zero-order valence-corrected chi connectivity index (χ0v) is 18.5. The van der Waals surface area contributed by atoms with Crippen LogP contribution in [-0.2, 0) is 4.79 Å². The number of hydrogen-bond acceptors (Lipinski definition) is 2. The number of allylic oxidation sites excluding steroid dienone is 2. The molecule has 0 aliphatic heterocycles. The van der Waals surface area contributed by atoms with E-state index in [9.17, 15) is 9.90 Å². The van der Waals surface area contributed by atoms with Gasteiger partial charge in [0.2, 0.25) is 0 Å². The van der Waals surface area contributed by atoms with Crippen molar-refractivity contribution < 1.29 is 9.90 Å². The van der Waals surface area contributed by atoms with Crippen molar-refractivity contribution in [3.8, 4) is 5.75 Å². The van der Waals surface area contributed by atoms with E-state index in [0.717, 1.165) is 41.5 Å². The molecule has 0 radical (unpaired) electrons. The lowest BCUT2D eigenvalue weighted by molar-refractivity contribution is -0.121. The fourth-order valence-electron chi connectivity index (χ4n) is 5.07. The van der Waals surface area contributed by atoms with Gasteiger partial charge in [0.15, 0.2) is 5.78 Å². The van der Waals surface area contributed by atoms with E-state index in [1.54, 1.807) is 0 Å². The number of rotatable bonds is 5. The standard InChI is InChI=1S/C25H38O2/c1-15-9-18(4)23(26)21(11-15)20(13-17(3)14-25(6,7)8)22-12-16(2)10-19(5)24(22)27/h9-11,16-17,20,22,26H,12-14H2,1-8H3. The van der Waals surface area contributed by atoms with Crippen LogP contribution in [0.2, 0.25) is 0 Å². The lowest BCUT2D eigenvalue weighted by Gasteiger charge is -2.35. The zero-order valence-electron chi connectivity index (χ0n) is 18.5. The average Bonchev–Trinajstić information content (AvgIpc) is 2.50. The molecule has 2 rings (SSSR count). The summed E-state index contributed by atoms with van der Waals surface area (Å²) < 4.78 is 0. The van der Waals surface area contributed by atoms with E-state index in [0.29, 0.717) is 17.6 Å². The van der Waals surface area contributed by atoms with Gasteiger partial charge in [-0.25, -0.2) is 0 Å². The van der Waals surface area contributed by atoms with Crippen LogP contribution in [0.25, 0.3) is 0 Å². The number of ketones is 1. The van der Waals surface area contributed by atoms with Crippen LogP contribution in [0.15, 0.2) is 23.8 Å².